The summed E-state index contributed by atoms with van der Waals surface area (Å²) in [6.07, 6.45) is 0. The first-order valence-electron chi connectivity index (χ1n) is 7.64. The molecule has 3 rings (SSSR count). The Balaban J connectivity index is 2.20. The number of aromatic hydroxyl groups is 1. The van der Waals surface area contributed by atoms with E-state index < -0.39 is 5.97 Å². The number of methoxy groups -OCH3 is 2. The number of ether oxygens (including phenoxy) is 2. The summed E-state index contributed by atoms with van der Waals surface area (Å²) >= 11 is 0. The van der Waals surface area contributed by atoms with E-state index in [1.807, 2.05) is 18.2 Å². The normalized spacial score (nSPS) is 11.6. The van der Waals surface area contributed by atoms with Gasteiger partial charge in [0.2, 0.25) is 0 Å². The van der Waals surface area contributed by atoms with Gasteiger partial charge in [0.25, 0.3) is 0 Å². The summed E-state index contributed by atoms with van der Waals surface area (Å²) in [7, 11) is 4.63. The lowest BCUT2D eigenvalue weighted by molar-refractivity contribution is -0.132. The fourth-order valence-corrected chi connectivity index (χ4v) is 2.72. The standard InChI is InChI=1S/C19H18N2O4/c1-21-15-7-5-4-6-14(15)18(22)17(21)16(19(23)25-3)20-12-8-10-13(24-2)11-9-12/h4-11,22H,1-3H3. The van der Waals surface area contributed by atoms with Gasteiger partial charge in [0.05, 0.1) is 25.4 Å². The Kier molecular flexibility index (Phi) is 4.43. The monoisotopic (exact) mass is 338 g/mol. The van der Waals surface area contributed by atoms with E-state index in [9.17, 15) is 9.90 Å². The molecule has 0 bridgehead atoms. The highest BCUT2D eigenvalue weighted by molar-refractivity contribution is 6.44. The molecule has 128 valence electrons. The molecule has 0 saturated carbocycles. The molecule has 2 aromatic carbocycles. The molecular formula is C19H18N2O4. The SMILES string of the molecule is COC(=O)C(=Nc1ccc(OC)cc1)c1c(O)c2ccccc2n1C. The number of carbonyl (C=O) groups is 1. The largest absolute Gasteiger partial charge is 0.505 e. The average Bonchev–Trinajstić information content (AvgIpc) is 2.91. The molecular weight excluding hydrogens is 320 g/mol. The molecule has 0 aliphatic rings. The summed E-state index contributed by atoms with van der Waals surface area (Å²) in [6, 6.07) is 14.3. The number of hydrogen-bond acceptors (Lipinski definition) is 5. The molecule has 0 saturated heterocycles. The van der Waals surface area contributed by atoms with Gasteiger partial charge in [-0.3, -0.25) is 0 Å². The van der Waals surface area contributed by atoms with Crippen molar-refractivity contribution in [1.82, 2.24) is 4.57 Å². The number of carbonyl (C=O) groups excluding carboxylic acids is 1. The van der Waals surface area contributed by atoms with Gasteiger partial charge in [0.1, 0.15) is 11.4 Å². The van der Waals surface area contributed by atoms with Crippen LogP contribution in [0.1, 0.15) is 5.69 Å². The number of para-hydroxylation sites is 1. The van der Waals surface area contributed by atoms with E-state index in [0.29, 0.717) is 22.5 Å². The Labute approximate surface area is 144 Å². The molecule has 1 N–H and O–H groups in total. The lowest BCUT2D eigenvalue weighted by Crippen LogP contribution is -2.20. The van der Waals surface area contributed by atoms with Crippen LogP contribution in [-0.4, -0.2) is 35.6 Å². The summed E-state index contributed by atoms with van der Waals surface area (Å²) < 4.78 is 11.7. The molecule has 0 aliphatic heterocycles. The van der Waals surface area contributed by atoms with Crippen molar-refractivity contribution in [3.63, 3.8) is 0 Å². The van der Waals surface area contributed by atoms with E-state index in [0.717, 1.165) is 5.52 Å². The molecule has 1 aromatic heterocycles. The minimum absolute atomic E-state index is 0.00392. The zero-order valence-electron chi connectivity index (χ0n) is 14.2. The van der Waals surface area contributed by atoms with Crippen LogP contribution < -0.4 is 4.74 Å². The van der Waals surface area contributed by atoms with Crippen LogP contribution in [0.3, 0.4) is 0 Å². The molecule has 0 unspecified atom stereocenters. The molecule has 1 heterocycles. The maximum absolute atomic E-state index is 12.3. The van der Waals surface area contributed by atoms with Crippen LogP contribution in [0.4, 0.5) is 5.69 Å². The van der Waals surface area contributed by atoms with Gasteiger partial charge >= 0.3 is 5.97 Å². The molecule has 6 nitrogen and oxygen atoms in total. The minimum atomic E-state index is -0.628. The highest BCUT2D eigenvalue weighted by Crippen LogP contribution is 2.32. The van der Waals surface area contributed by atoms with Gasteiger partial charge in [-0.05, 0) is 36.4 Å². The number of benzene rings is 2. The summed E-state index contributed by atoms with van der Waals surface area (Å²) in [5.41, 5.74) is 1.68. The first-order valence-corrected chi connectivity index (χ1v) is 7.64. The van der Waals surface area contributed by atoms with Crippen molar-refractivity contribution in [3.8, 4) is 11.5 Å². The topological polar surface area (TPSA) is 73.1 Å². The third-order valence-corrected chi connectivity index (χ3v) is 4.00. The zero-order valence-corrected chi connectivity index (χ0v) is 14.2. The van der Waals surface area contributed by atoms with Gasteiger partial charge < -0.3 is 19.1 Å². The highest BCUT2D eigenvalue weighted by Gasteiger charge is 2.25. The van der Waals surface area contributed by atoms with E-state index >= 15 is 0 Å². The maximum atomic E-state index is 12.3. The van der Waals surface area contributed by atoms with Crippen LogP contribution in [0.5, 0.6) is 11.5 Å². The van der Waals surface area contributed by atoms with Crippen LogP contribution >= 0.6 is 0 Å². The molecule has 0 atom stereocenters. The van der Waals surface area contributed by atoms with Crippen LogP contribution in [-0.2, 0) is 16.6 Å². The number of hydrogen-bond donors (Lipinski definition) is 1. The minimum Gasteiger partial charge on any atom is -0.505 e. The lowest BCUT2D eigenvalue weighted by atomic mass is 10.2. The van der Waals surface area contributed by atoms with Crippen LogP contribution in [0, 0.1) is 0 Å². The van der Waals surface area contributed by atoms with Crippen molar-refractivity contribution in [2.45, 2.75) is 0 Å². The molecule has 0 radical (unpaired) electrons. The van der Waals surface area contributed by atoms with E-state index in [1.165, 1.54) is 7.11 Å². The smallest absolute Gasteiger partial charge is 0.359 e. The first kappa shape index (κ1) is 16.6. The van der Waals surface area contributed by atoms with Gasteiger partial charge in [0, 0.05) is 12.4 Å². The molecule has 25 heavy (non-hydrogen) atoms. The summed E-state index contributed by atoms with van der Waals surface area (Å²) in [5, 5.41) is 11.3. The molecule has 3 aromatic rings. The van der Waals surface area contributed by atoms with Crippen LogP contribution in [0.25, 0.3) is 10.9 Å². The number of aryl methyl sites for hydroxylation is 1. The van der Waals surface area contributed by atoms with E-state index in [-0.39, 0.29) is 11.5 Å². The number of aromatic nitrogens is 1. The summed E-state index contributed by atoms with van der Waals surface area (Å²) in [5.74, 6) is 0.0545. The number of esters is 1. The molecule has 6 heteroatoms. The van der Waals surface area contributed by atoms with Crippen molar-refractivity contribution in [3.05, 3.63) is 54.2 Å². The number of aliphatic imine (C=N–C) groups is 1. The van der Waals surface area contributed by atoms with Crippen molar-refractivity contribution in [2.75, 3.05) is 14.2 Å². The van der Waals surface area contributed by atoms with Crippen LogP contribution in [0.2, 0.25) is 0 Å². The molecule has 0 aliphatic carbocycles. The second-order valence-corrected chi connectivity index (χ2v) is 5.42. The van der Waals surface area contributed by atoms with Crippen molar-refractivity contribution < 1.29 is 19.4 Å². The second-order valence-electron chi connectivity index (χ2n) is 5.42. The Hall–Kier alpha value is -3.28. The third kappa shape index (κ3) is 2.94. The number of nitrogens with zero attached hydrogens (tertiary/aromatic N) is 2. The van der Waals surface area contributed by atoms with E-state index in [4.69, 9.17) is 9.47 Å². The van der Waals surface area contributed by atoms with E-state index in [2.05, 4.69) is 4.99 Å². The van der Waals surface area contributed by atoms with Gasteiger partial charge in [-0.1, -0.05) is 12.1 Å². The molecule has 0 amide bonds. The molecule has 0 spiro atoms. The third-order valence-electron chi connectivity index (χ3n) is 4.00. The quantitative estimate of drug-likeness (QED) is 0.586. The van der Waals surface area contributed by atoms with Gasteiger partial charge in [-0.2, -0.15) is 0 Å². The van der Waals surface area contributed by atoms with Gasteiger partial charge in [0.15, 0.2) is 11.5 Å². The Bertz CT molecular complexity index is 916. The number of fused-ring (bicyclic) bond motifs is 1. The fraction of sp³-hybridized carbons (Fsp3) is 0.158. The van der Waals surface area contributed by atoms with Crippen molar-refractivity contribution in [2.24, 2.45) is 12.0 Å². The summed E-state index contributed by atoms with van der Waals surface area (Å²) in [4.78, 5) is 16.7. The predicted octanol–water partition coefficient (Wildman–Crippen LogP) is 3.19. The fourth-order valence-electron chi connectivity index (χ4n) is 2.72. The van der Waals surface area contributed by atoms with Crippen molar-refractivity contribution in [1.29, 1.82) is 0 Å². The Morgan fingerprint density at radius 3 is 2.36 bits per heavy atom. The molecule has 0 fully saturated rings. The Morgan fingerprint density at radius 2 is 1.76 bits per heavy atom. The average molecular weight is 338 g/mol. The Morgan fingerprint density at radius 1 is 1.08 bits per heavy atom. The second kappa shape index (κ2) is 6.68. The van der Waals surface area contributed by atoms with Gasteiger partial charge in [-0.25, -0.2) is 9.79 Å². The summed E-state index contributed by atoms with van der Waals surface area (Å²) in [6.45, 7) is 0. The maximum Gasteiger partial charge on any atom is 0.359 e. The predicted molar refractivity (Wildman–Crippen MR) is 95.8 cm³/mol. The zero-order chi connectivity index (χ0) is 18.0. The lowest BCUT2D eigenvalue weighted by Gasteiger charge is -2.08. The first-order chi connectivity index (χ1) is 12.1. The van der Waals surface area contributed by atoms with E-state index in [1.54, 1.807) is 49.1 Å². The number of rotatable bonds is 4. The van der Waals surface area contributed by atoms with Crippen LogP contribution in [0.15, 0.2) is 53.5 Å². The van der Waals surface area contributed by atoms with Gasteiger partial charge in [-0.15, -0.1) is 0 Å². The highest BCUT2D eigenvalue weighted by atomic mass is 16.5. The van der Waals surface area contributed by atoms with Crippen molar-refractivity contribution >= 4 is 28.3 Å².